The second-order valence-corrected chi connectivity index (χ2v) is 20.0. The van der Waals surface area contributed by atoms with Gasteiger partial charge in [0.05, 0.1) is 0 Å². The minimum atomic E-state index is -3.87. The molecule has 0 saturated carbocycles. The van der Waals surface area contributed by atoms with Gasteiger partial charge in [-0.3, -0.25) is 9.05 Å². The molecule has 0 radical (unpaired) electrons. The highest BCUT2D eigenvalue weighted by molar-refractivity contribution is 7.75. The molecule has 306 valence electrons. The lowest BCUT2D eigenvalue weighted by Gasteiger charge is -2.24. The normalized spacial score (nSPS) is 11.3. The van der Waals surface area contributed by atoms with Crippen molar-refractivity contribution in [3.63, 3.8) is 0 Å². The first-order chi connectivity index (χ1) is 28.0. The first-order valence-corrected chi connectivity index (χ1v) is 23.5. The Morgan fingerprint density at radius 1 is 0.390 bits per heavy atom. The Labute approximate surface area is 353 Å². The number of nitrogens with one attached hydrogen (secondary N) is 1. The summed E-state index contributed by atoms with van der Waals surface area (Å²) in [6.45, 7) is 24.3. The summed E-state index contributed by atoms with van der Waals surface area (Å²) in [6.07, 6.45) is 0. The third kappa shape index (κ3) is 11.6. The van der Waals surface area contributed by atoms with Gasteiger partial charge in [0.15, 0.2) is 23.0 Å². The summed E-state index contributed by atoms with van der Waals surface area (Å²) >= 11 is 0. The Kier molecular flexibility index (Phi) is 14.0. The molecule has 6 aromatic rings. The van der Waals surface area contributed by atoms with Crippen molar-refractivity contribution in [2.24, 2.45) is 4.52 Å². The molecule has 6 aromatic carbocycles. The van der Waals surface area contributed by atoms with Crippen LogP contribution in [0.15, 0.2) is 114 Å². The Balaban J connectivity index is 1.64. The average Bonchev–Trinajstić information content (AvgIpc) is 3.17. The SMILES string of the molecule is Cc1ccc(C)c(OP(N[P+](N=[P+](Oc2cc(C)ccc2C)Oc2cc(C)ccc2C)(Oc2cc(C)ccc2C)Oc2cc(C)ccc2C)Oc2cc(C)ccc2C)c1. The molecule has 0 bridgehead atoms. The summed E-state index contributed by atoms with van der Waals surface area (Å²) in [4.78, 5) is 3.68. The van der Waals surface area contributed by atoms with Gasteiger partial charge >= 0.3 is 24.7 Å². The number of benzene rings is 6. The molecule has 8 nitrogen and oxygen atoms in total. The van der Waals surface area contributed by atoms with Gasteiger partial charge in [-0.2, -0.15) is 0 Å². The first kappa shape index (κ1) is 43.6. The van der Waals surface area contributed by atoms with Crippen LogP contribution in [0.5, 0.6) is 34.5 Å². The summed E-state index contributed by atoms with van der Waals surface area (Å²) in [5.74, 6) is 3.77. The molecule has 0 spiro atoms. The van der Waals surface area contributed by atoms with Gasteiger partial charge in [-0.1, -0.05) is 72.8 Å². The van der Waals surface area contributed by atoms with Crippen LogP contribution in [0.4, 0.5) is 0 Å². The fourth-order valence-electron chi connectivity index (χ4n) is 5.88. The molecule has 0 aliphatic carbocycles. The highest BCUT2D eigenvalue weighted by Crippen LogP contribution is 2.67. The molecule has 0 unspecified atom stereocenters. The topological polar surface area (TPSA) is 79.8 Å². The monoisotopic (exact) mass is 848 g/mol. The van der Waals surface area contributed by atoms with Crippen LogP contribution >= 0.6 is 24.7 Å². The molecule has 59 heavy (non-hydrogen) atoms. The first-order valence-electron chi connectivity index (χ1n) is 19.6. The minimum Gasteiger partial charge on any atom is -0.425 e. The summed E-state index contributed by atoms with van der Waals surface area (Å²) < 4.78 is 47.6. The smallest absolute Gasteiger partial charge is 0.425 e. The zero-order valence-corrected chi connectivity index (χ0v) is 38.8. The highest BCUT2D eigenvalue weighted by atomic mass is 31.3. The molecular formula is C48H55N2O6P3+2. The van der Waals surface area contributed by atoms with Gasteiger partial charge in [0.2, 0.25) is 4.52 Å². The molecule has 0 atom stereocenters. The third-order valence-corrected chi connectivity index (χ3v) is 15.1. The van der Waals surface area contributed by atoms with Crippen molar-refractivity contribution in [2.75, 3.05) is 0 Å². The maximum Gasteiger partial charge on any atom is 0.715 e. The van der Waals surface area contributed by atoms with Crippen LogP contribution in [0.3, 0.4) is 0 Å². The van der Waals surface area contributed by atoms with E-state index in [4.69, 9.17) is 31.7 Å². The Morgan fingerprint density at radius 3 is 1.00 bits per heavy atom. The van der Waals surface area contributed by atoms with Crippen molar-refractivity contribution < 1.29 is 27.1 Å². The summed E-state index contributed by atoms with van der Waals surface area (Å²) in [5.41, 5.74) is 11.7. The van der Waals surface area contributed by atoms with E-state index < -0.39 is 24.7 Å². The van der Waals surface area contributed by atoms with Crippen molar-refractivity contribution in [3.05, 3.63) is 176 Å². The fourth-order valence-corrected chi connectivity index (χ4v) is 11.7. The molecule has 0 saturated heterocycles. The van der Waals surface area contributed by atoms with Crippen molar-refractivity contribution >= 4 is 24.7 Å². The minimum absolute atomic E-state index is 0.585. The van der Waals surface area contributed by atoms with E-state index in [1.54, 1.807) is 0 Å². The van der Waals surface area contributed by atoms with Crippen molar-refractivity contribution in [1.82, 2.24) is 4.86 Å². The predicted molar refractivity (Wildman–Crippen MR) is 246 cm³/mol. The van der Waals surface area contributed by atoms with Crippen LogP contribution in [0.1, 0.15) is 66.8 Å². The zero-order valence-electron chi connectivity index (χ0n) is 36.1. The van der Waals surface area contributed by atoms with Gasteiger partial charge in [-0.25, -0.2) is 9.05 Å². The summed E-state index contributed by atoms with van der Waals surface area (Å²) in [5, 5.41) is 0. The van der Waals surface area contributed by atoms with E-state index in [1.165, 1.54) is 0 Å². The number of aryl methyl sites for hydroxylation is 12. The van der Waals surface area contributed by atoms with Gasteiger partial charge in [-0.15, -0.1) is 0 Å². The molecule has 0 aliphatic rings. The molecule has 11 heteroatoms. The van der Waals surface area contributed by atoms with E-state index in [2.05, 4.69) is 41.3 Å². The van der Waals surface area contributed by atoms with Crippen molar-refractivity contribution in [3.8, 4) is 34.5 Å². The molecule has 0 fully saturated rings. The number of nitrogens with zero attached hydrogens (tertiary/aromatic N) is 1. The van der Waals surface area contributed by atoms with Gasteiger partial charge in [-0.05, 0) is 191 Å². The maximum atomic E-state index is 7.26. The molecule has 1 N–H and O–H groups in total. The van der Waals surface area contributed by atoms with Crippen LogP contribution in [0.25, 0.3) is 0 Å². The largest absolute Gasteiger partial charge is 0.715 e. The Morgan fingerprint density at radius 2 is 0.661 bits per heavy atom. The highest BCUT2D eigenvalue weighted by Gasteiger charge is 2.60. The standard InChI is InChI=1S/C48H55N2O6P3/c1-31-13-19-37(7)43(25-31)51-57(52-44-26-32(2)14-20-38(44)8)49-59(55-47-29-35(5)17-23-41(47)11,56-48-30-36(6)18-24-42(48)12)50-58(53-45-27-33(3)15-21-39(45)9)54-46-28-34(4)16-22-40(46)10/h13-30,49H,1-12H3/q+2. The fraction of sp³-hybridized carbons (Fsp3) is 0.250. The molecule has 6 rings (SSSR count). The number of rotatable bonds is 15. The van der Waals surface area contributed by atoms with Gasteiger partial charge in [0.1, 0.15) is 11.5 Å². The molecular weight excluding hydrogens is 793 g/mol. The van der Waals surface area contributed by atoms with E-state index in [0.29, 0.717) is 34.5 Å². The quantitative estimate of drug-likeness (QED) is 0.103. The molecule has 0 heterocycles. The molecule has 0 amide bonds. The van der Waals surface area contributed by atoms with Crippen LogP contribution in [0, 0.1) is 83.1 Å². The predicted octanol–water partition coefficient (Wildman–Crippen LogP) is 15.2. The van der Waals surface area contributed by atoms with Gasteiger partial charge < -0.3 is 9.05 Å². The van der Waals surface area contributed by atoms with Crippen molar-refractivity contribution in [1.29, 1.82) is 0 Å². The van der Waals surface area contributed by atoms with E-state index in [1.807, 2.05) is 156 Å². The van der Waals surface area contributed by atoms with Crippen LogP contribution in [0.2, 0.25) is 0 Å². The Hall–Kier alpha value is -4.96. The van der Waals surface area contributed by atoms with Crippen LogP contribution in [-0.2, 0) is 0 Å². The average molecular weight is 849 g/mol. The number of hydrogen-bond donors (Lipinski definition) is 1. The maximum absolute atomic E-state index is 7.26. The van der Waals surface area contributed by atoms with Crippen LogP contribution < -0.4 is 32.0 Å². The van der Waals surface area contributed by atoms with E-state index in [9.17, 15) is 0 Å². The molecule has 0 aromatic heterocycles. The summed E-state index contributed by atoms with van der Waals surface area (Å²) in [7, 11) is -8.17. The van der Waals surface area contributed by atoms with E-state index in [0.717, 1.165) is 66.8 Å². The van der Waals surface area contributed by atoms with E-state index >= 15 is 0 Å². The van der Waals surface area contributed by atoms with Gasteiger partial charge in [0, 0.05) is 0 Å². The second-order valence-electron chi connectivity index (χ2n) is 15.4. The molecule has 0 aliphatic heterocycles. The third-order valence-electron chi connectivity index (χ3n) is 9.62. The zero-order chi connectivity index (χ0) is 42.4. The lowest BCUT2D eigenvalue weighted by atomic mass is 10.1. The van der Waals surface area contributed by atoms with Crippen molar-refractivity contribution in [2.45, 2.75) is 83.1 Å². The lowest BCUT2D eigenvalue weighted by molar-refractivity contribution is 0.434. The van der Waals surface area contributed by atoms with E-state index in [-0.39, 0.29) is 0 Å². The van der Waals surface area contributed by atoms with Crippen LogP contribution in [-0.4, -0.2) is 0 Å². The second kappa shape index (κ2) is 19.0. The summed E-state index contributed by atoms with van der Waals surface area (Å²) in [6, 6.07) is 36.5. The Bertz CT molecular complexity index is 2340. The lowest BCUT2D eigenvalue weighted by Crippen LogP contribution is -2.24. The van der Waals surface area contributed by atoms with Gasteiger partial charge in [0.25, 0.3) is 0 Å². The number of hydrogen-bond acceptors (Lipinski definition) is 8.